The van der Waals surface area contributed by atoms with Crippen LogP contribution in [0.4, 0.5) is 0 Å². The summed E-state index contributed by atoms with van der Waals surface area (Å²) < 4.78 is 0. The van der Waals surface area contributed by atoms with Gasteiger partial charge in [-0.2, -0.15) is 0 Å². The molecule has 6 heteroatoms. The molecule has 0 aliphatic rings. The number of nitrogens with one attached hydrogen (secondary N) is 2. The second-order valence-electron chi connectivity index (χ2n) is 3.66. The maximum atomic E-state index is 10.5. The highest BCUT2D eigenvalue weighted by Gasteiger charge is 2.00. The van der Waals surface area contributed by atoms with Crippen LogP contribution in [0.15, 0.2) is 0 Å². The van der Waals surface area contributed by atoms with E-state index in [1.807, 2.05) is 6.92 Å². The molecule has 0 aliphatic carbocycles. The fourth-order valence-corrected chi connectivity index (χ4v) is 0.834. The van der Waals surface area contributed by atoms with Crippen LogP contribution in [-0.2, 0) is 19.2 Å². The highest BCUT2D eigenvalue weighted by Crippen LogP contribution is 1.79. The van der Waals surface area contributed by atoms with Crippen molar-refractivity contribution in [1.82, 2.24) is 10.6 Å². The molecule has 0 aromatic carbocycles. The molecule has 0 saturated heterocycles. The smallest absolute Gasteiger partial charge is 0.227 e. The van der Waals surface area contributed by atoms with Gasteiger partial charge in [0.2, 0.25) is 11.8 Å². The van der Waals surface area contributed by atoms with Gasteiger partial charge in [-0.25, -0.2) is 0 Å². The van der Waals surface area contributed by atoms with Gasteiger partial charge in [0.25, 0.3) is 0 Å². The molecule has 0 unspecified atom stereocenters. The van der Waals surface area contributed by atoms with Gasteiger partial charge in [-0.15, -0.1) is 0 Å². The Kier molecular flexibility index (Phi) is 12.2. The molecular formula is C12H22N2O4. The standard InChI is InChI=1S/2C6H11NO2/c1-3-7-6(9)4-5(2)8;1-3-6(9)7-4-5(2)8/h2*3-4H2,1-2H3,(H,7,9). The van der Waals surface area contributed by atoms with E-state index in [4.69, 9.17) is 0 Å². The van der Waals surface area contributed by atoms with E-state index in [0.29, 0.717) is 13.0 Å². The molecule has 104 valence electrons. The molecule has 0 saturated carbocycles. The van der Waals surface area contributed by atoms with E-state index in [0.717, 1.165) is 0 Å². The van der Waals surface area contributed by atoms with Crippen molar-refractivity contribution in [2.24, 2.45) is 0 Å². The molecule has 0 atom stereocenters. The Morgan fingerprint density at radius 2 is 1.39 bits per heavy atom. The van der Waals surface area contributed by atoms with Gasteiger partial charge in [-0.3, -0.25) is 19.2 Å². The number of Topliss-reactive ketones (excluding diaryl/α,β-unsaturated/α-hetero) is 2. The highest BCUT2D eigenvalue weighted by atomic mass is 16.2. The number of amides is 2. The summed E-state index contributed by atoms with van der Waals surface area (Å²) in [5, 5.41) is 4.96. The van der Waals surface area contributed by atoms with Gasteiger partial charge in [0.05, 0.1) is 13.0 Å². The molecule has 0 aromatic rings. The van der Waals surface area contributed by atoms with E-state index >= 15 is 0 Å². The minimum atomic E-state index is -0.190. The fraction of sp³-hybridized carbons (Fsp3) is 0.667. The average Bonchev–Trinajstić information content (AvgIpc) is 2.26. The molecule has 0 fully saturated rings. The van der Waals surface area contributed by atoms with Gasteiger partial charge in [-0.1, -0.05) is 6.92 Å². The zero-order chi connectivity index (χ0) is 14.6. The normalized spacial score (nSPS) is 8.67. The summed E-state index contributed by atoms with van der Waals surface area (Å²) in [4.78, 5) is 41.5. The summed E-state index contributed by atoms with van der Waals surface area (Å²) >= 11 is 0. The summed E-state index contributed by atoms with van der Waals surface area (Å²) in [6.45, 7) is 7.15. The highest BCUT2D eigenvalue weighted by molar-refractivity contribution is 5.96. The average molecular weight is 258 g/mol. The summed E-state index contributed by atoms with van der Waals surface area (Å²) in [5.41, 5.74) is 0. The maximum Gasteiger partial charge on any atom is 0.227 e. The van der Waals surface area contributed by atoms with Crippen LogP contribution in [0, 0.1) is 0 Å². The molecule has 6 nitrogen and oxygen atoms in total. The molecule has 0 heterocycles. The molecular weight excluding hydrogens is 236 g/mol. The number of hydrogen-bond donors (Lipinski definition) is 2. The summed E-state index contributed by atoms with van der Waals surface area (Å²) in [7, 11) is 0. The topological polar surface area (TPSA) is 92.3 Å². The van der Waals surface area contributed by atoms with Crippen LogP contribution < -0.4 is 10.6 Å². The lowest BCUT2D eigenvalue weighted by molar-refractivity contribution is -0.127. The lowest BCUT2D eigenvalue weighted by Gasteiger charge is -1.96. The molecule has 0 spiro atoms. The van der Waals surface area contributed by atoms with Crippen LogP contribution in [0.2, 0.25) is 0 Å². The first kappa shape index (κ1) is 18.6. The van der Waals surface area contributed by atoms with Gasteiger partial charge < -0.3 is 10.6 Å². The first-order chi connectivity index (χ1) is 8.33. The van der Waals surface area contributed by atoms with Crippen LogP contribution >= 0.6 is 0 Å². The third-order valence-electron chi connectivity index (χ3n) is 1.64. The number of carbonyl (C=O) groups is 4. The molecule has 18 heavy (non-hydrogen) atoms. The van der Waals surface area contributed by atoms with Gasteiger partial charge in [-0.05, 0) is 20.8 Å². The SMILES string of the molecule is CCC(=O)NCC(C)=O.CCNC(=O)CC(C)=O. The second kappa shape index (κ2) is 11.8. The van der Waals surface area contributed by atoms with Gasteiger partial charge in [0.15, 0.2) is 0 Å². The molecule has 2 amide bonds. The lowest BCUT2D eigenvalue weighted by Crippen LogP contribution is -2.27. The molecule has 0 radical (unpaired) electrons. The molecule has 0 bridgehead atoms. The largest absolute Gasteiger partial charge is 0.356 e. The summed E-state index contributed by atoms with van der Waals surface area (Å²) in [6, 6.07) is 0. The molecule has 2 N–H and O–H groups in total. The number of carbonyl (C=O) groups excluding carboxylic acids is 4. The fourth-order valence-electron chi connectivity index (χ4n) is 0.834. The van der Waals surface area contributed by atoms with Crippen molar-refractivity contribution in [2.45, 2.75) is 40.5 Å². The van der Waals surface area contributed by atoms with Gasteiger partial charge in [0, 0.05) is 13.0 Å². The summed E-state index contributed by atoms with van der Waals surface area (Å²) in [6.07, 6.45) is 0.446. The van der Waals surface area contributed by atoms with E-state index in [-0.39, 0.29) is 36.3 Å². The number of hydrogen-bond acceptors (Lipinski definition) is 4. The third-order valence-corrected chi connectivity index (χ3v) is 1.64. The van der Waals surface area contributed by atoms with E-state index in [1.54, 1.807) is 6.92 Å². The van der Waals surface area contributed by atoms with Crippen LogP contribution in [0.5, 0.6) is 0 Å². The zero-order valence-electron chi connectivity index (χ0n) is 11.5. The minimum Gasteiger partial charge on any atom is -0.356 e. The Labute approximate surface area is 108 Å². The van der Waals surface area contributed by atoms with Crippen molar-refractivity contribution in [1.29, 1.82) is 0 Å². The van der Waals surface area contributed by atoms with Crippen molar-refractivity contribution in [2.75, 3.05) is 13.1 Å². The van der Waals surface area contributed by atoms with E-state index in [9.17, 15) is 19.2 Å². The van der Waals surface area contributed by atoms with Gasteiger partial charge >= 0.3 is 0 Å². The lowest BCUT2D eigenvalue weighted by atomic mass is 10.3. The predicted molar refractivity (Wildman–Crippen MR) is 68.0 cm³/mol. The Morgan fingerprint density at radius 1 is 0.833 bits per heavy atom. The zero-order valence-corrected chi connectivity index (χ0v) is 11.5. The van der Waals surface area contributed by atoms with E-state index in [2.05, 4.69) is 10.6 Å². The van der Waals surface area contributed by atoms with Crippen molar-refractivity contribution in [3.63, 3.8) is 0 Å². The Hall–Kier alpha value is -1.72. The maximum absolute atomic E-state index is 10.5. The molecule has 0 rings (SSSR count). The first-order valence-electron chi connectivity index (χ1n) is 5.85. The molecule has 0 aliphatic heterocycles. The van der Waals surface area contributed by atoms with Crippen molar-refractivity contribution < 1.29 is 19.2 Å². The Morgan fingerprint density at radius 3 is 1.72 bits per heavy atom. The van der Waals surface area contributed by atoms with E-state index < -0.39 is 0 Å². The minimum absolute atomic E-state index is 0.00778. The van der Waals surface area contributed by atoms with Gasteiger partial charge in [0.1, 0.15) is 11.6 Å². The van der Waals surface area contributed by atoms with Crippen LogP contribution in [-0.4, -0.2) is 36.5 Å². The summed E-state index contributed by atoms with van der Waals surface area (Å²) in [5.74, 6) is -0.382. The number of ketones is 2. The van der Waals surface area contributed by atoms with E-state index in [1.165, 1.54) is 13.8 Å². The predicted octanol–water partition coefficient (Wildman–Crippen LogP) is 0.203. The van der Waals surface area contributed by atoms with Crippen molar-refractivity contribution in [3.8, 4) is 0 Å². The Bertz CT molecular complexity index is 300. The molecule has 0 aromatic heterocycles. The van der Waals surface area contributed by atoms with Crippen LogP contribution in [0.3, 0.4) is 0 Å². The first-order valence-corrected chi connectivity index (χ1v) is 5.85. The number of rotatable bonds is 6. The quantitative estimate of drug-likeness (QED) is 0.666. The van der Waals surface area contributed by atoms with Crippen molar-refractivity contribution in [3.05, 3.63) is 0 Å². The Balaban J connectivity index is 0. The monoisotopic (exact) mass is 258 g/mol. The van der Waals surface area contributed by atoms with Crippen LogP contribution in [0.1, 0.15) is 40.5 Å². The second-order valence-corrected chi connectivity index (χ2v) is 3.66. The van der Waals surface area contributed by atoms with Crippen molar-refractivity contribution >= 4 is 23.4 Å². The van der Waals surface area contributed by atoms with Crippen LogP contribution in [0.25, 0.3) is 0 Å². The third kappa shape index (κ3) is 16.7.